The number of halogens is 2. The van der Waals surface area contributed by atoms with Gasteiger partial charge in [0.15, 0.2) is 0 Å². The maximum Gasteiger partial charge on any atom is 0.309 e. The highest BCUT2D eigenvalue weighted by molar-refractivity contribution is 6.30. The van der Waals surface area contributed by atoms with Gasteiger partial charge in [-0.3, -0.25) is 9.69 Å². The van der Waals surface area contributed by atoms with E-state index < -0.39 is 5.82 Å². The summed E-state index contributed by atoms with van der Waals surface area (Å²) in [4.78, 5) is 13.7. The van der Waals surface area contributed by atoms with Crippen LogP contribution in [0, 0.1) is 11.7 Å². The average Bonchev–Trinajstić information content (AvgIpc) is 2.42. The number of carbonyl (C=O) groups excluding carboxylic acids is 1. The molecule has 3 nitrogen and oxygen atoms in total. The number of hydrogen-bond donors (Lipinski definition) is 0. The average molecular weight is 286 g/mol. The summed E-state index contributed by atoms with van der Waals surface area (Å²) in [5.41, 5.74) is 0.955. The van der Waals surface area contributed by atoms with Crippen LogP contribution in [0.15, 0.2) is 18.2 Å². The van der Waals surface area contributed by atoms with Crippen molar-refractivity contribution in [3.8, 4) is 0 Å². The molecule has 0 radical (unpaired) electrons. The Morgan fingerprint density at radius 3 is 3.05 bits per heavy atom. The van der Waals surface area contributed by atoms with Crippen LogP contribution in [0.4, 0.5) is 4.39 Å². The van der Waals surface area contributed by atoms with E-state index in [4.69, 9.17) is 16.3 Å². The molecular formula is C14H17ClFNO2. The molecule has 1 saturated heterocycles. The molecule has 1 aromatic rings. The normalized spacial score (nSPS) is 20.3. The fourth-order valence-corrected chi connectivity index (χ4v) is 2.66. The van der Waals surface area contributed by atoms with E-state index >= 15 is 0 Å². The van der Waals surface area contributed by atoms with Gasteiger partial charge in [-0.05, 0) is 37.1 Å². The lowest BCUT2D eigenvalue weighted by molar-refractivity contribution is -0.147. The second kappa shape index (κ2) is 6.35. The molecule has 1 fully saturated rings. The van der Waals surface area contributed by atoms with Gasteiger partial charge in [0.25, 0.3) is 0 Å². The molecule has 0 N–H and O–H groups in total. The van der Waals surface area contributed by atoms with Crippen molar-refractivity contribution < 1.29 is 13.9 Å². The Labute approximate surface area is 117 Å². The zero-order valence-corrected chi connectivity index (χ0v) is 11.6. The van der Waals surface area contributed by atoms with Crippen molar-refractivity contribution in [2.24, 2.45) is 5.92 Å². The van der Waals surface area contributed by atoms with Gasteiger partial charge in [-0.1, -0.05) is 17.7 Å². The van der Waals surface area contributed by atoms with Crippen molar-refractivity contribution in [1.29, 1.82) is 0 Å². The van der Waals surface area contributed by atoms with Gasteiger partial charge in [-0.25, -0.2) is 4.39 Å². The van der Waals surface area contributed by atoms with Gasteiger partial charge in [0.2, 0.25) is 0 Å². The number of carbonyl (C=O) groups is 1. The molecule has 0 unspecified atom stereocenters. The second-order valence-corrected chi connectivity index (χ2v) is 5.25. The first kappa shape index (κ1) is 14.3. The molecule has 1 aliphatic rings. The molecule has 0 bridgehead atoms. The van der Waals surface area contributed by atoms with Crippen molar-refractivity contribution >= 4 is 17.6 Å². The van der Waals surface area contributed by atoms with Crippen LogP contribution in [0.25, 0.3) is 0 Å². The molecular weight excluding hydrogens is 269 g/mol. The number of benzene rings is 1. The molecule has 1 atom stereocenters. The quantitative estimate of drug-likeness (QED) is 0.800. The molecule has 0 spiro atoms. The highest BCUT2D eigenvalue weighted by atomic mass is 35.5. The molecule has 0 amide bonds. The van der Waals surface area contributed by atoms with Crippen LogP contribution in [-0.2, 0) is 16.1 Å². The van der Waals surface area contributed by atoms with Crippen LogP contribution in [-0.4, -0.2) is 31.1 Å². The fourth-order valence-electron chi connectivity index (χ4n) is 2.45. The maximum atomic E-state index is 13.1. The fraction of sp³-hybridized carbons (Fsp3) is 0.500. The minimum atomic E-state index is -0.406. The molecule has 19 heavy (non-hydrogen) atoms. The van der Waals surface area contributed by atoms with Gasteiger partial charge in [-0.2, -0.15) is 0 Å². The number of esters is 1. The summed E-state index contributed by atoms with van der Waals surface area (Å²) in [5.74, 6) is -0.618. The van der Waals surface area contributed by atoms with Crippen molar-refractivity contribution in [2.75, 3.05) is 20.2 Å². The lowest BCUT2D eigenvalue weighted by Gasteiger charge is -2.31. The highest BCUT2D eigenvalue weighted by Crippen LogP contribution is 2.21. The summed E-state index contributed by atoms with van der Waals surface area (Å²) < 4.78 is 17.9. The molecule has 2 rings (SSSR count). The van der Waals surface area contributed by atoms with E-state index in [1.54, 1.807) is 12.1 Å². The third kappa shape index (κ3) is 3.67. The van der Waals surface area contributed by atoms with Crippen LogP contribution in [0.3, 0.4) is 0 Å². The van der Waals surface area contributed by atoms with Gasteiger partial charge in [-0.15, -0.1) is 0 Å². The first-order valence-corrected chi connectivity index (χ1v) is 6.72. The van der Waals surface area contributed by atoms with E-state index in [2.05, 4.69) is 4.90 Å². The maximum absolute atomic E-state index is 13.1. The third-order valence-corrected chi connectivity index (χ3v) is 3.72. The minimum Gasteiger partial charge on any atom is -0.469 e. The molecule has 0 saturated carbocycles. The molecule has 5 heteroatoms. The predicted octanol–water partition coefficient (Wildman–Crippen LogP) is 2.86. The Balaban J connectivity index is 1.98. The minimum absolute atomic E-state index is 0.0605. The Kier molecular flexibility index (Phi) is 4.77. The summed E-state index contributed by atoms with van der Waals surface area (Å²) in [5, 5.41) is 0.138. The van der Waals surface area contributed by atoms with E-state index in [-0.39, 0.29) is 16.9 Å². The Hall–Kier alpha value is -1.13. The first-order chi connectivity index (χ1) is 9.10. The number of hydrogen-bond acceptors (Lipinski definition) is 3. The summed E-state index contributed by atoms with van der Waals surface area (Å²) in [7, 11) is 1.42. The van der Waals surface area contributed by atoms with Crippen LogP contribution in [0.1, 0.15) is 18.4 Å². The van der Waals surface area contributed by atoms with Crippen molar-refractivity contribution in [3.63, 3.8) is 0 Å². The van der Waals surface area contributed by atoms with Gasteiger partial charge in [0.05, 0.1) is 18.1 Å². The van der Waals surface area contributed by atoms with E-state index in [1.165, 1.54) is 13.2 Å². The number of methoxy groups -OCH3 is 1. The number of nitrogens with zero attached hydrogens (tertiary/aromatic N) is 1. The lowest BCUT2D eigenvalue weighted by atomic mass is 9.98. The van der Waals surface area contributed by atoms with Crippen LogP contribution in [0.2, 0.25) is 5.02 Å². The smallest absolute Gasteiger partial charge is 0.309 e. The summed E-state index contributed by atoms with van der Waals surface area (Å²) in [6, 6.07) is 4.74. The summed E-state index contributed by atoms with van der Waals surface area (Å²) >= 11 is 5.77. The summed E-state index contributed by atoms with van der Waals surface area (Å²) in [6.07, 6.45) is 1.84. The standard InChI is InChI=1S/C14H17ClFNO2/c1-19-14(18)11-3-2-6-17(9-11)8-10-4-5-13(16)12(15)7-10/h4-5,7,11H,2-3,6,8-9H2,1H3/t11-/m0/s1. The third-order valence-electron chi connectivity index (χ3n) is 3.43. The van der Waals surface area contributed by atoms with E-state index in [1.807, 2.05) is 0 Å². The molecule has 0 aliphatic carbocycles. The molecule has 1 heterocycles. The van der Waals surface area contributed by atoms with Gasteiger partial charge >= 0.3 is 5.97 Å². The lowest BCUT2D eigenvalue weighted by Crippen LogP contribution is -2.38. The SMILES string of the molecule is COC(=O)[C@H]1CCCN(Cc2ccc(F)c(Cl)c2)C1. The van der Waals surface area contributed by atoms with Crippen molar-refractivity contribution in [1.82, 2.24) is 4.90 Å². The topological polar surface area (TPSA) is 29.5 Å². The van der Waals surface area contributed by atoms with Crippen molar-refractivity contribution in [2.45, 2.75) is 19.4 Å². The second-order valence-electron chi connectivity index (χ2n) is 4.85. The van der Waals surface area contributed by atoms with Crippen molar-refractivity contribution in [3.05, 3.63) is 34.6 Å². The number of rotatable bonds is 3. The molecule has 1 aromatic carbocycles. The Morgan fingerprint density at radius 2 is 2.37 bits per heavy atom. The number of ether oxygens (including phenoxy) is 1. The predicted molar refractivity (Wildman–Crippen MR) is 71.4 cm³/mol. The van der Waals surface area contributed by atoms with Crippen LogP contribution in [0.5, 0.6) is 0 Å². The number of likely N-dealkylation sites (tertiary alicyclic amines) is 1. The summed E-state index contributed by atoms with van der Waals surface area (Å²) in [6.45, 7) is 2.29. The molecule has 104 valence electrons. The van der Waals surface area contributed by atoms with Crippen LogP contribution < -0.4 is 0 Å². The van der Waals surface area contributed by atoms with E-state index in [9.17, 15) is 9.18 Å². The Morgan fingerprint density at radius 1 is 1.58 bits per heavy atom. The van der Waals surface area contributed by atoms with Gasteiger partial charge < -0.3 is 4.74 Å². The molecule has 1 aliphatic heterocycles. The van der Waals surface area contributed by atoms with Gasteiger partial charge in [0.1, 0.15) is 5.82 Å². The number of piperidine rings is 1. The zero-order chi connectivity index (χ0) is 13.8. The van der Waals surface area contributed by atoms with Crippen LogP contribution >= 0.6 is 11.6 Å². The highest BCUT2D eigenvalue weighted by Gasteiger charge is 2.26. The largest absolute Gasteiger partial charge is 0.469 e. The Bertz CT molecular complexity index is 467. The van der Waals surface area contributed by atoms with Gasteiger partial charge in [0, 0.05) is 13.1 Å². The van der Waals surface area contributed by atoms with E-state index in [0.29, 0.717) is 13.1 Å². The van der Waals surface area contributed by atoms with E-state index in [0.717, 1.165) is 24.9 Å². The first-order valence-electron chi connectivity index (χ1n) is 6.34. The molecule has 0 aromatic heterocycles. The zero-order valence-electron chi connectivity index (χ0n) is 10.9. The monoisotopic (exact) mass is 285 g/mol.